The Morgan fingerprint density at radius 2 is 2.05 bits per heavy atom. The highest BCUT2D eigenvalue weighted by atomic mass is 16.5. The topological polar surface area (TPSA) is 35.5 Å². The van der Waals surface area contributed by atoms with Crippen molar-refractivity contribution >= 4 is 5.97 Å². The molecule has 0 heterocycles. The number of hydrogen-bond donors (Lipinski definition) is 0. The zero-order valence-corrected chi connectivity index (χ0v) is 11.5. The minimum atomic E-state index is -0.364. The minimum Gasteiger partial charge on any atom is -0.501 e. The molecule has 0 aliphatic heterocycles. The van der Waals surface area contributed by atoms with Gasteiger partial charge in [0, 0.05) is 13.3 Å². The molecular weight excluding hydrogens is 240 g/mol. The molecule has 102 valence electrons. The molecule has 0 spiro atoms. The van der Waals surface area contributed by atoms with Gasteiger partial charge in [0.15, 0.2) is 0 Å². The fourth-order valence-electron chi connectivity index (χ4n) is 1.62. The molecule has 3 nitrogen and oxygen atoms in total. The number of esters is 1. The summed E-state index contributed by atoms with van der Waals surface area (Å²) >= 11 is 0. The van der Waals surface area contributed by atoms with E-state index in [0.29, 0.717) is 18.6 Å². The number of hydrogen-bond acceptors (Lipinski definition) is 3. The van der Waals surface area contributed by atoms with Crippen LogP contribution in [0.4, 0.5) is 0 Å². The van der Waals surface area contributed by atoms with Gasteiger partial charge in [0.05, 0.1) is 12.9 Å². The molecule has 3 heteroatoms. The van der Waals surface area contributed by atoms with E-state index in [-0.39, 0.29) is 12.1 Å². The zero-order chi connectivity index (χ0) is 14.1. The van der Waals surface area contributed by atoms with E-state index in [2.05, 4.69) is 6.58 Å². The Kier molecular flexibility index (Phi) is 6.44. The van der Waals surface area contributed by atoms with E-state index in [1.165, 1.54) is 6.92 Å². The van der Waals surface area contributed by atoms with Crippen LogP contribution in [0, 0.1) is 0 Å². The van der Waals surface area contributed by atoms with Gasteiger partial charge in [-0.05, 0) is 24.1 Å². The first-order valence-corrected chi connectivity index (χ1v) is 6.31. The van der Waals surface area contributed by atoms with E-state index in [1.807, 2.05) is 37.3 Å². The molecule has 1 atom stereocenters. The second-order valence-electron chi connectivity index (χ2n) is 4.12. The molecule has 1 rings (SSSR count). The maximum Gasteiger partial charge on any atom is 0.303 e. The van der Waals surface area contributed by atoms with Crippen molar-refractivity contribution in [3.8, 4) is 0 Å². The van der Waals surface area contributed by atoms with Crippen LogP contribution in [0.15, 0.2) is 54.8 Å². The summed E-state index contributed by atoms with van der Waals surface area (Å²) in [7, 11) is 0. The highest BCUT2D eigenvalue weighted by molar-refractivity contribution is 5.66. The van der Waals surface area contributed by atoms with Crippen LogP contribution in [-0.2, 0) is 20.7 Å². The Morgan fingerprint density at radius 3 is 2.63 bits per heavy atom. The summed E-state index contributed by atoms with van der Waals surface area (Å²) in [5, 5.41) is 0. The van der Waals surface area contributed by atoms with Crippen molar-refractivity contribution in [3.05, 3.63) is 60.4 Å². The van der Waals surface area contributed by atoms with Crippen molar-refractivity contribution in [2.75, 3.05) is 6.61 Å². The smallest absolute Gasteiger partial charge is 0.303 e. The highest BCUT2D eigenvalue weighted by Crippen LogP contribution is 2.14. The molecule has 0 amide bonds. The number of ether oxygens (including phenoxy) is 2. The standard InChI is InChI=1S/C16H20O3/c1-4-18-11-10-13(2)16(19-14(3)17)12-15-8-6-5-7-9-15/h5-11,16H,2,4,12H2,1,3H3. The Balaban J connectivity index is 2.71. The van der Waals surface area contributed by atoms with Gasteiger partial charge < -0.3 is 9.47 Å². The molecule has 0 aliphatic carbocycles. The molecular formula is C16H20O3. The van der Waals surface area contributed by atoms with E-state index in [1.54, 1.807) is 12.3 Å². The maximum atomic E-state index is 11.2. The van der Waals surface area contributed by atoms with Gasteiger partial charge in [0.1, 0.15) is 6.10 Å². The van der Waals surface area contributed by atoms with Crippen molar-refractivity contribution in [2.24, 2.45) is 0 Å². The molecule has 1 unspecified atom stereocenters. The number of rotatable bonds is 7. The van der Waals surface area contributed by atoms with Crippen LogP contribution in [-0.4, -0.2) is 18.7 Å². The Labute approximate surface area is 114 Å². The fraction of sp³-hybridized carbons (Fsp3) is 0.312. The van der Waals surface area contributed by atoms with Gasteiger partial charge in [0.2, 0.25) is 0 Å². The first-order valence-electron chi connectivity index (χ1n) is 6.31. The third-order valence-corrected chi connectivity index (χ3v) is 2.53. The second kappa shape index (κ2) is 8.14. The fourth-order valence-corrected chi connectivity index (χ4v) is 1.62. The van der Waals surface area contributed by atoms with E-state index in [9.17, 15) is 4.79 Å². The predicted molar refractivity (Wildman–Crippen MR) is 75.6 cm³/mol. The molecule has 0 aromatic heterocycles. The summed E-state index contributed by atoms with van der Waals surface area (Å²) in [4.78, 5) is 11.2. The Morgan fingerprint density at radius 1 is 1.37 bits per heavy atom. The first-order chi connectivity index (χ1) is 9.13. The third kappa shape index (κ3) is 5.91. The average molecular weight is 260 g/mol. The molecule has 0 aliphatic rings. The number of benzene rings is 1. The monoisotopic (exact) mass is 260 g/mol. The van der Waals surface area contributed by atoms with Gasteiger partial charge in [0.25, 0.3) is 0 Å². The van der Waals surface area contributed by atoms with Gasteiger partial charge >= 0.3 is 5.97 Å². The SMILES string of the molecule is C=C(C=COCC)C(Cc1ccccc1)OC(C)=O. The van der Waals surface area contributed by atoms with Crippen LogP contribution in [0.1, 0.15) is 19.4 Å². The molecule has 0 fully saturated rings. The summed E-state index contributed by atoms with van der Waals surface area (Å²) in [6.07, 6.45) is 3.55. The lowest BCUT2D eigenvalue weighted by molar-refractivity contribution is -0.144. The molecule has 0 N–H and O–H groups in total. The normalized spacial score (nSPS) is 12.1. The zero-order valence-electron chi connectivity index (χ0n) is 11.5. The van der Waals surface area contributed by atoms with Gasteiger partial charge in [-0.15, -0.1) is 0 Å². The van der Waals surface area contributed by atoms with Crippen molar-refractivity contribution < 1.29 is 14.3 Å². The van der Waals surface area contributed by atoms with Crippen LogP contribution < -0.4 is 0 Å². The van der Waals surface area contributed by atoms with Gasteiger partial charge in [-0.1, -0.05) is 36.9 Å². The molecule has 19 heavy (non-hydrogen) atoms. The van der Waals surface area contributed by atoms with Crippen LogP contribution in [0.3, 0.4) is 0 Å². The second-order valence-corrected chi connectivity index (χ2v) is 4.12. The van der Waals surface area contributed by atoms with E-state index in [0.717, 1.165) is 5.56 Å². The molecule has 1 aromatic carbocycles. The van der Waals surface area contributed by atoms with Crippen LogP contribution >= 0.6 is 0 Å². The van der Waals surface area contributed by atoms with Crippen LogP contribution in [0.25, 0.3) is 0 Å². The minimum absolute atomic E-state index is 0.313. The molecule has 0 saturated heterocycles. The third-order valence-electron chi connectivity index (χ3n) is 2.53. The Bertz CT molecular complexity index is 435. The summed E-state index contributed by atoms with van der Waals surface area (Å²) in [6, 6.07) is 9.86. The summed E-state index contributed by atoms with van der Waals surface area (Å²) in [6.45, 7) is 7.83. The summed E-state index contributed by atoms with van der Waals surface area (Å²) in [5.41, 5.74) is 1.81. The van der Waals surface area contributed by atoms with Crippen molar-refractivity contribution in [2.45, 2.75) is 26.4 Å². The lowest BCUT2D eigenvalue weighted by Crippen LogP contribution is -2.20. The number of carbonyl (C=O) groups excluding carboxylic acids is 1. The summed E-state index contributed by atoms with van der Waals surface area (Å²) < 4.78 is 10.4. The van der Waals surface area contributed by atoms with E-state index >= 15 is 0 Å². The predicted octanol–water partition coefficient (Wildman–Crippen LogP) is 3.27. The lowest BCUT2D eigenvalue weighted by Gasteiger charge is -2.17. The Hall–Kier alpha value is -2.03. The molecule has 0 radical (unpaired) electrons. The first kappa shape index (κ1) is 15.0. The lowest BCUT2D eigenvalue weighted by atomic mass is 10.0. The van der Waals surface area contributed by atoms with Gasteiger partial charge in [-0.2, -0.15) is 0 Å². The maximum absolute atomic E-state index is 11.2. The largest absolute Gasteiger partial charge is 0.501 e. The molecule has 0 bridgehead atoms. The van der Waals surface area contributed by atoms with Gasteiger partial charge in [-0.3, -0.25) is 4.79 Å². The number of carbonyl (C=O) groups is 1. The summed E-state index contributed by atoms with van der Waals surface area (Å²) in [5.74, 6) is -0.313. The van der Waals surface area contributed by atoms with E-state index in [4.69, 9.17) is 9.47 Å². The van der Waals surface area contributed by atoms with E-state index < -0.39 is 0 Å². The van der Waals surface area contributed by atoms with Crippen molar-refractivity contribution in [1.82, 2.24) is 0 Å². The van der Waals surface area contributed by atoms with Crippen molar-refractivity contribution in [1.29, 1.82) is 0 Å². The molecule has 1 aromatic rings. The highest BCUT2D eigenvalue weighted by Gasteiger charge is 2.15. The van der Waals surface area contributed by atoms with Crippen LogP contribution in [0.5, 0.6) is 0 Å². The average Bonchev–Trinajstić information content (AvgIpc) is 2.39. The van der Waals surface area contributed by atoms with Gasteiger partial charge in [-0.25, -0.2) is 0 Å². The quantitative estimate of drug-likeness (QED) is 0.429. The van der Waals surface area contributed by atoms with Crippen molar-refractivity contribution in [3.63, 3.8) is 0 Å². The molecule has 0 saturated carbocycles. The van der Waals surface area contributed by atoms with Crippen LogP contribution in [0.2, 0.25) is 0 Å².